The molecule has 0 aromatic heterocycles. The summed E-state index contributed by atoms with van der Waals surface area (Å²) in [5.41, 5.74) is 5.38. The van der Waals surface area contributed by atoms with Gasteiger partial charge in [-0.1, -0.05) is 18.2 Å². The molecule has 1 aromatic carbocycles. The number of hydrogen-bond acceptors (Lipinski definition) is 4. The molecule has 0 aliphatic heterocycles. The summed E-state index contributed by atoms with van der Waals surface area (Å²) in [6.45, 7) is 3.68. The number of carbonyl (C=O) groups is 1. The van der Waals surface area contributed by atoms with E-state index < -0.39 is 12.0 Å². The molecule has 0 bridgehead atoms. The monoisotopic (exact) mass is 259 g/mol. The zero-order valence-corrected chi connectivity index (χ0v) is 10.8. The van der Waals surface area contributed by atoms with Gasteiger partial charge in [-0.05, 0) is 26.0 Å². The molecule has 1 aromatic rings. The number of esters is 1. The molecule has 0 heterocycles. The maximum atomic E-state index is 11.2. The average molecular weight is 260 g/mol. The Balaban J connectivity index is 0.00000256. The van der Waals surface area contributed by atoms with Crippen LogP contribution < -0.4 is 10.5 Å². The van der Waals surface area contributed by atoms with E-state index >= 15 is 0 Å². The Bertz CT molecular complexity index is 330. The highest BCUT2D eigenvalue weighted by Gasteiger charge is 2.13. The summed E-state index contributed by atoms with van der Waals surface area (Å²) in [6.07, 6.45) is -0.307. The molecule has 0 fully saturated rings. The van der Waals surface area contributed by atoms with E-state index in [-0.39, 0.29) is 18.5 Å². The number of benzene rings is 1. The van der Waals surface area contributed by atoms with E-state index in [4.69, 9.17) is 15.2 Å². The van der Waals surface area contributed by atoms with Crippen LogP contribution in [0.1, 0.15) is 13.8 Å². The molecule has 2 atom stereocenters. The molecule has 0 saturated heterocycles. The van der Waals surface area contributed by atoms with Gasteiger partial charge in [-0.25, -0.2) is 0 Å². The Morgan fingerprint density at radius 2 is 1.88 bits per heavy atom. The van der Waals surface area contributed by atoms with E-state index in [0.29, 0.717) is 6.61 Å². The molecule has 0 unspecified atom stereocenters. The van der Waals surface area contributed by atoms with Gasteiger partial charge in [0.2, 0.25) is 0 Å². The number of carbonyl (C=O) groups excluding carboxylic acids is 1. The Morgan fingerprint density at radius 3 is 2.41 bits per heavy atom. The average Bonchev–Trinajstić information content (AvgIpc) is 2.27. The van der Waals surface area contributed by atoms with E-state index in [9.17, 15) is 4.79 Å². The third-order valence-corrected chi connectivity index (χ3v) is 1.92. The molecular formula is C12H18ClNO3. The van der Waals surface area contributed by atoms with Crippen molar-refractivity contribution < 1.29 is 14.3 Å². The van der Waals surface area contributed by atoms with Crippen molar-refractivity contribution in [2.24, 2.45) is 5.73 Å². The van der Waals surface area contributed by atoms with Crippen LogP contribution >= 0.6 is 12.4 Å². The van der Waals surface area contributed by atoms with Crippen LogP contribution in [0.5, 0.6) is 5.75 Å². The maximum absolute atomic E-state index is 11.2. The minimum absolute atomic E-state index is 0. The number of rotatable bonds is 5. The zero-order chi connectivity index (χ0) is 12.0. The van der Waals surface area contributed by atoms with Gasteiger partial charge in [0.1, 0.15) is 24.5 Å². The van der Waals surface area contributed by atoms with Crippen LogP contribution in [0.2, 0.25) is 0 Å². The van der Waals surface area contributed by atoms with Crippen molar-refractivity contribution in [1.29, 1.82) is 0 Å². The lowest BCUT2D eigenvalue weighted by Crippen LogP contribution is -2.33. The predicted molar refractivity (Wildman–Crippen MR) is 68.4 cm³/mol. The minimum atomic E-state index is -0.598. The topological polar surface area (TPSA) is 61.6 Å². The molecule has 5 heteroatoms. The van der Waals surface area contributed by atoms with Gasteiger partial charge in [0.25, 0.3) is 0 Å². The second-order valence-electron chi connectivity index (χ2n) is 3.66. The Kier molecular flexibility index (Phi) is 7.34. The Hall–Kier alpha value is -1.26. The first-order valence-corrected chi connectivity index (χ1v) is 5.23. The molecule has 2 N–H and O–H groups in total. The summed E-state index contributed by atoms with van der Waals surface area (Å²) in [6, 6.07) is 8.77. The fourth-order valence-corrected chi connectivity index (χ4v) is 1.07. The third kappa shape index (κ3) is 6.14. The van der Waals surface area contributed by atoms with Crippen molar-refractivity contribution in [3.05, 3.63) is 30.3 Å². The van der Waals surface area contributed by atoms with E-state index in [1.54, 1.807) is 13.8 Å². The zero-order valence-electron chi connectivity index (χ0n) is 9.96. The lowest BCUT2D eigenvalue weighted by Gasteiger charge is -2.15. The second-order valence-corrected chi connectivity index (χ2v) is 3.66. The highest BCUT2D eigenvalue weighted by Crippen LogP contribution is 2.09. The summed E-state index contributed by atoms with van der Waals surface area (Å²) in [7, 11) is 0. The highest BCUT2D eigenvalue weighted by atomic mass is 35.5. The van der Waals surface area contributed by atoms with Crippen LogP contribution in [0.4, 0.5) is 0 Å². The molecule has 96 valence electrons. The molecule has 1 rings (SSSR count). The van der Waals surface area contributed by atoms with Crippen LogP contribution in [-0.2, 0) is 9.53 Å². The predicted octanol–water partition coefficient (Wildman–Crippen LogP) is 1.77. The quantitative estimate of drug-likeness (QED) is 0.819. The van der Waals surface area contributed by atoms with Crippen LogP contribution in [0.15, 0.2) is 30.3 Å². The van der Waals surface area contributed by atoms with E-state index in [1.807, 2.05) is 30.3 Å². The molecule has 0 aliphatic carbocycles. The standard InChI is InChI=1S/C12H17NO3.ClH/c1-9(16-12(14)10(2)13)8-15-11-6-4-3-5-7-11;/h3-7,9-10H,8,13H2,1-2H3;1H/t9-,10-;/m0./s1. The fraction of sp³-hybridized carbons (Fsp3) is 0.417. The lowest BCUT2D eigenvalue weighted by atomic mass is 10.3. The molecule has 0 spiro atoms. The van der Waals surface area contributed by atoms with Crippen molar-refractivity contribution in [2.45, 2.75) is 26.0 Å². The number of ether oxygens (including phenoxy) is 2. The number of hydrogen-bond donors (Lipinski definition) is 1. The number of halogens is 1. The Labute approximate surface area is 108 Å². The molecule has 0 amide bonds. The van der Waals surface area contributed by atoms with Crippen molar-refractivity contribution in [3.63, 3.8) is 0 Å². The molecular weight excluding hydrogens is 242 g/mol. The van der Waals surface area contributed by atoms with Gasteiger partial charge >= 0.3 is 5.97 Å². The minimum Gasteiger partial charge on any atom is -0.490 e. The normalized spacial score (nSPS) is 13.1. The summed E-state index contributed by atoms with van der Waals surface area (Å²) in [5.74, 6) is 0.343. The van der Waals surface area contributed by atoms with Crippen molar-refractivity contribution in [3.8, 4) is 5.75 Å². The molecule has 0 aliphatic rings. The smallest absolute Gasteiger partial charge is 0.323 e. The van der Waals surface area contributed by atoms with Gasteiger partial charge in [-0.15, -0.1) is 12.4 Å². The molecule has 17 heavy (non-hydrogen) atoms. The maximum Gasteiger partial charge on any atom is 0.323 e. The van der Waals surface area contributed by atoms with E-state index in [1.165, 1.54) is 0 Å². The Morgan fingerprint density at radius 1 is 1.29 bits per heavy atom. The SMILES string of the molecule is C[C@H](N)C(=O)O[C@@H](C)COc1ccccc1.Cl. The molecule has 0 radical (unpaired) electrons. The number of para-hydroxylation sites is 1. The van der Waals surface area contributed by atoms with Crippen molar-refractivity contribution in [2.75, 3.05) is 6.61 Å². The van der Waals surface area contributed by atoms with E-state index in [2.05, 4.69) is 0 Å². The summed E-state index contributed by atoms with van der Waals surface area (Å²) < 4.78 is 10.5. The van der Waals surface area contributed by atoms with Gasteiger partial charge in [-0.2, -0.15) is 0 Å². The van der Waals surface area contributed by atoms with Crippen LogP contribution in [-0.4, -0.2) is 24.7 Å². The third-order valence-electron chi connectivity index (χ3n) is 1.92. The van der Waals surface area contributed by atoms with Crippen molar-refractivity contribution in [1.82, 2.24) is 0 Å². The van der Waals surface area contributed by atoms with Gasteiger partial charge in [-0.3, -0.25) is 4.79 Å². The van der Waals surface area contributed by atoms with Gasteiger partial charge < -0.3 is 15.2 Å². The summed E-state index contributed by atoms with van der Waals surface area (Å²) in [4.78, 5) is 11.2. The van der Waals surface area contributed by atoms with Gasteiger partial charge in [0, 0.05) is 0 Å². The number of nitrogens with two attached hydrogens (primary N) is 1. The largest absolute Gasteiger partial charge is 0.490 e. The molecule has 4 nitrogen and oxygen atoms in total. The van der Waals surface area contributed by atoms with E-state index in [0.717, 1.165) is 5.75 Å². The second kappa shape index (κ2) is 7.92. The first-order valence-electron chi connectivity index (χ1n) is 5.23. The summed E-state index contributed by atoms with van der Waals surface area (Å²) in [5, 5.41) is 0. The first kappa shape index (κ1) is 15.7. The fourth-order valence-electron chi connectivity index (χ4n) is 1.07. The van der Waals surface area contributed by atoms with Crippen LogP contribution in [0, 0.1) is 0 Å². The van der Waals surface area contributed by atoms with Crippen LogP contribution in [0.3, 0.4) is 0 Å². The van der Waals surface area contributed by atoms with Crippen LogP contribution in [0.25, 0.3) is 0 Å². The first-order chi connectivity index (χ1) is 7.59. The lowest BCUT2D eigenvalue weighted by molar-refractivity contribution is -0.150. The summed E-state index contributed by atoms with van der Waals surface area (Å²) >= 11 is 0. The van der Waals surface area contributed by atoms with Gasteiger partial charge in [0.15, 0.2) is 0 Å². The molecule has 0 saturated carbocycles. The highest BCUT2D eigenvalue weighted by molar-refractivity contribution is 5.85. The van der Waals surface area contributed by atoms with Gasteiger partial charge in [0.05, 0.1) is 0 Å². The van der Waals surface area contributed by atoms with Crippen molar-refractivity contribution >= 4 is 18.4 Å².